The van der Waals surface area contributed by atoms with Gasteiger partial charge in [-0.05, 0) is 99.9 Å². The number of aliphatic hydroxyl groups excluding tert-OH is 1. The summed E-state index contributed by atoms with van der Waals surface area (Å²) in [5, 5.41) is 23.4. The Bertz CT molecular complexity index is 1280. The highest BCUT2D eigenvalue weighted by Gasteiger charge is 2.61. The molecule has 1 saturated heterocycles. The van der Waals surface area contributed by atoms with Crippen molar-refractivity contribution >= 4 is 17.6 Å². The summed E-state index contributed by atoms with van der Waals surface area (Å²) in [7, 11) is 0. The van der Waals surface area contributed by atoms with Gasteiger partial charge in [0.1, 0.15) is 6.07 Å². The number of rotatable bonds is 11. The number of piperidine rings is 1. The van der Waals surface area contributed by atoms with Crippen LogP contribution in [0.3, 0.4) is 0 Å². The van der Waals surface area contributed by atoms with E-state index in [0.29, 0.717) is 25.9 Å². The second kappa shape index (κ2) is 13.6. The van der Waals surface area contributed by atoms with Gasteiger partial charge in [-0.3, -0.25) is 9.59 Å². The van der Waals surface area contributed by atoms with Gasteiger partial charge in [-0.25, -0.2) is 4.79 Å². The smallest absolute Gasteiger partial charge is 0.317 e. The summed E-state index contributed by atoms with van der Waals surface area (Å²) in [6, 6.07) is 2.12. The molecule has 1 aliphatic heterocycles. The molecule has 3 rings (SSSR count). The van der Waals surface area contributed by atoms with Crippen molar-refractivity contribution in [3.63, 3.8) is 0 Å². The molecule has 0 radical (unpaired) electrons. The summed E-state index contributed by atoms with van der Waals surface area (Å²) in [4.78, 5) is 41.7. The van der Waals surface area contributed by atoms with E-state index >= 15 is 0 Å². The first kappa shape index (κ1) is 38.0. The second-order valence-electron chi connectivity index (χ2n) is 17.6. The first-order chi connectivity index (χ1) is 21.1. The minimum absolute atomic E-state index is 0.0208. The Morgan fingerprint density at radius 3 is 2.15 bits per heavy atom. The van der Waals surface area contributed by atoms with Crippen molar-refractivity contribution in [2.45, 2.75) is 152 Å². The number of amides is 2. The molecule has 1 heterocycles. The topological polar surface area (TPSA) is 110 Å². The molecule has 2 aliphatic carbocycles. The van der Waals surface area contributed by atoms with Crippen molar-refractivity contribution in [2.75, 3.05) is 13.1 Å². The maximum absolute atomic E-state index is 13.6. The van der Waals surface area contributed by atoms with E-state index < -0.39 is 16.4 Å². The number of Topliss-reactive ketones (excluding diaryl/α,β-unsaturated/α-hetero) is 1. The standard InChI is InChI=1S/C39H63N3O4/c1-12-16-34(3,4)18-20-37(9,41-33(46)42-22-14-29(44)15-23-42)21-19-35(5,6)39(11)17-13-30-36(7,8)32(45)28(26-40)25-38(30,10)31(39)24-27(2)43/h24-25,29-30,44H,12-23H2,1-11H3,(H,41,46)/b31-24-/t30-,37-,38-,39+/m0/s1. The number of carbonyl (C=O) groups excluding carboxylic acids is 3. The van der Waals surface area contributed by atoms with Crippen molar-refractivity contribution < 1.29 is 19.5 Å². The van der Waals surface area contributed by atoms with Crippen LogP contribution in [0.15, 0.2) is 23.3 Å². The lowest BCUT2D eigenvalue weighted by atomic mass is 9.42. The number of aliphatic hydroxyl groups is 1. The molecule has 2 amide bonds. The van der Waals surface area contributed by atoms with Crippen LogP contribution >= 0.6 is 0 Å². The normalized spacial score (nSPS) is 29.4. The maximum atomic E-state index is 13.6. The summed E-state index contributed by atoms with van der Waals surface area (Å²) in [5.74, 6) is -0.154. The molecule has 0 unspecified atom stereocenters. The average molecular weight is 638 g/mol. The van der Waals surface area contributed by atoms with Crippen molar-refractivity contribution in [1.82, 2.24) is 10.2 Å². The van der Waals surface area contributed by atoms with Crippen molar-refractivity contribution in [1.29, 1.82) is 5.26 Å². The molecule has 0 spiro atoms. The van der Waals surface area contributed by atoms with E-state index in [9.17, 15) is 24.8 Å². The summed E-state index contributed by atoms with van der Waals surface area (Å²) < 4.78 is 0. The SMILES string of the molecule is CCCC(C)(C)CC[C@@](C)(CCC(C)(C)[C@]1(C)CC[C@H]2C(C)(C)C(=O)C(C#N)=C[C@]2(C)/C1=C/C(C)=O)NC(=O)N1CCC(O)CC1. The Balaban J connectivity index is 1.98. The average Bonchev–Trinajstić information content (AvgIpc) is 2.95. The summed E-state index contributed by atoms with van der Waals surface area (Å²) in [5.41, 5.74) is -1.05. The van der Waals surface area contributed by atoms with E-state index in [4.69, 9.17) is 0 Å². The van der Waals surface area contributed by atoms with Gasteiger partial charge in [0.15, 0.2) is 11.6 Å². The molecule has 2 fully saturated rings. The number of nitrogens with one attached hydrogen (secondary N) is 1. The van der Waals surface area contributed by atoms with Crippen molar-refractivity contribution in [3.8, 4) is 6.07 Å². The highest BCUT2D eigenvalue weighted by Crippen LogP contribution is 2.67. The quantitative estimate of drug-likeness (QED) is 0.221. The second-order valence-corrected chi connectivity index (χ2v) is 17.6. The Labute approximate surface area is 279 Å². The number of hydrogen-bond donors (Lipinski definition) is 2. The minimum Gasteiger partial charge on any atom is -0.393 e. The van der Waals surface area contributed by atoms with Gasteiger partial charge in [0.05, 0.1) is 11.7 Å². The van der Waals surface area contributed by atoms with Crippen LogP contribution in [0.5, 0.6) is 0 Å². The van der Waals surface area contributed by atoms with Gasteiger partial charge in [-0.1, -0.05) is 80.4 Å². The van der Waals surface area contributed by atoms with E-state index in [1.165, 1.54) is 0 Å². The van der Waals surface area contributed by atoms with Gasteiger partial charge in [-0.2, -0.15) is 5.26 Å². The minimum atomic E-state index is -0.714. The number of hydrogen-bond acceptors (Lipinski definition) is 5. The third-order valence-electron chi connectivity index (χ3n) is 12.7. The van der Waals surface area contributed by atoms with Crippen molar-refractivity contribution in [2.24, 2.45) is 33.0 Å². The zero-order chi connectivity index (χ0) is 34.9. The molecule has 0 bridgehead atoms. The van der Waals surface area contributed by atoms with Crippen LogP contribution in [0, 0.1) is 44.3 Å². The number of likely N-dealkylation sites (tertiary alicyclic amines) is 1. The highest BCUT2D eigenvalue weighted by molar-refractivity contribution is 6.04. The molecule has 7 heteroatoms. The van der Waals surface area contributed by atoms with Gasteiger partial charge in [0.2, 0.25) is 0 Å². The molecule has 2 N–H and O–H groups in total. The predicted octanol–water partition coefficient (Wildman–Crippen LogP) is 8.32. The largest absolute Gasteiger partial charge is 0.393 e. The predicted molar refractivity (Wildman–Crippen MR) is 185 cm³/mol. The lowest BCUT2D eigenvalue weighted by Gasteiger charge is -2.61. The van der Waals surface area contributed by atoms with Crippen LogP contribution < -0.4 is 5.32 Å². The van der Waals surface area contributed by atoms with Crippen LogP contribution in [-0.2, 0) is 9.59 Å². The third-order valence-corrected chi connectivity index (χ3v) is 12.7. The molecule has 1 saturated carbocycles. The zero-order valence-electron chi connectivity index (χ0n) is 30.9. The van der Waals surface area contributed by atoms with Crippen LogP contribution in [-0.4, -0.2) is 52.3 Å². The Morgan fingerprint density at radius 2 is 1.61 bits per heavy atom. The fraction of sp³-hybridized carbons (Fsp3) is 0.795. The van der Waals surface area contributed by atoms with Crippen molar-refractivity contribution in [3.05, 3.63) is 23.3 Å². The van der Waals surface area contributed by atoms with Crippen LogP contribution in [0.4, 0.5) is 4.79 Å². The molecule has 0 aromatic heterocycles. The highest BCUT2D eigenvalue weighted by atomic mass is 16.3. The molecule has 7 nitrogen and oxygen atoms in total. The first-order valence-corrected chi connectivity index (χ1v) is 17.7. The van der Waals surface area contributed by atoms with Crippen LogP contribution in [0.2, 0.25) is 0 Å². The number of urea groups is 1. The van der Waals surface area contributed by atoms with E-state index in [-0.39, 0.29) is 51.4 Å². The molecule has 46 heavy (non-hydrogen) atoms. The fourth-order valence-electron chi connectivity index (χ4n) is 9.05. The third kappa shape index (κ3) is 7.64. The maximum Gasteiger partial charge on any atom is 0.317 e. The molecule has 0 aromatic carbocycles. The van der Waals surface area contributed by atoms with Gasteiger partial charge < -0.3 is 15.3 Å². The molecule has 4 atom stereocenters. The van der Waals surface area contributed by atoms with Gasteiger partial charge in [-0.15, -0.1) is 0 Å². The molecule has 258 valence electrons. The van der Waals surface area contributed by atoms with Gasteiger partial charge >= 0.3 is 6.03 Å². The summed E-state index contributed by atoms with van der Waals surface area (Å²) in [6.45, 7) is 24.6. The summed E-state index contributed by atoms with van der Waals surface area (Å²) in [6.07, 6.45) is 11.9. The molecule has 0 aromatic rings. The fourth-order valence-corrected chi connectivity index (χ4v) is 9.05. The number of nitrogens with zero attached hydrogens (tertiary/aromatic N) is 2. The van der Waals surface area contributed by atoms with Gasteiger partial charge in [0, 0.05) is 29.5 Å². The monoisotopic (exact) mass is 637 g/mol. The van der Waals surface area contributed by atoms with E-state index in [1.807, 2.05) is 24.8 Å². The summed E-state index contributed by atoms with van der Waals surface area (Å²) >= 11 is 0. The number of fused-ring (bicyclic) bond motifs is 1. The number of carbonyl (C=O) groups is 3. The van der Waals surface area contributed by atoms with E-state index in [0.717, 1.165) is 56.9 Å². The van der Waals surface area contributed by atoms with E-state index in [2.05, 4.69) is 66.8 Å². The number of nitriles is 1. The van der Waals surface area contributed by atoms with Crippen LogP contribution in [0.1, 0.15) is 140 Å². The van der Waals surface area contributed by atoms with E-state index in [1.54, 1.807) is 13.0 Å². The van der Waals surface area contributed by atoms with Gasteiger partial charge in [0.25, 0.3) is 0 Å². The molecular formula is C39H63N3O4. The Morgan fingerprint density at radius 1 is 1.02 bits per heavy atom. The molecule has 3 aliphatic rings. The number of allylic oxidation sites excluding steroid dienone is 4. The number of ketones is 2. The van der Waals surface area contributed by atoms with Crippen LogP contribution in [0.25, 0.3) is 0 Å². The Kier molecular flexibility index (Phi) is 11.2. The lowest BCUT2D eigenvalue weighted by molar-refractivity contribution is -0.131. The lowest BCUT2D eigenvalue weighted by Crippen LogP contribution is -2.56. The first-order valence-electron chi connectivity index (χ1n) is 17.7. The zero-order valence-corrected chi connectivity index (χ0v) is 30.9. The Hall–Kier alpha value is -2.46. The molecular weight excluding hydrogens is 574 g/mol.